The lowest BCUT2D eigenvalue weighted by molar-refractivity contribution is 0.296. The number of ether oxygens (including phenoxy) is 1. The Labute approximate surface area is 202 Å². The summed E-state index contributed by atoms with van der Waals surface area (Å²) in [4.78, 5) is 0.585. The summed E-state index contributed by atoms with van der Waals surface area (Å²) in [5.74, 6) is 0.708. The molecule has 178 valence electrons. The van der Waals surface area contributed by atoms with E-state index >= 15 is 0 Å². The maximum absolute atomic E-state index is 13.9. The van der Waals surface area contributed by atoms with Gasteiger partial charge in [-0.3, -0.25) is 0 Å². The average Bonchev–Trinajstić information content (AvgIpc) is 3.20. The number of pyridine rings is 1. The third-order valence-electron chi connectivity index (χ3n) is 5.68. The van der Waals surface area contributed by atoms with Crippen LogP contribution in [0.2, 0.25) is 0 Å². The largest absolute Gasteiger partial charge is 0.493 e. The summed E-state index contributed by atoms with van der Waals surface area (Å²) in [6, 6.07) is 20.3. The Balaban J connectivity index is 1.64. The van der Waals surface area contributed by atoms with Crippen LogP contribution in [0.3, 0.4) is 0 Å². The lowest BCUT2D eigenvalue weighted by atomic mass is 10.1. The lowest BCUT2D eigenvalue weighted by Gasteiger charge is -2.20. The van der Waals surface area contributed by atoms with Crippen LogP contribution >= 0.6 is 0 Å². The monoisotopic (exact) mass is 476 g/mol. The highest BCUT2D eigenvalue weighted by molar-refractivity contribution is 7.91. The predicted molar refractivity (Wildman–Crippen MR) is 137 cm³/mol. The third-order valence-corrected chi connectivity index (χ3v) is 7.52. The third kappa shape index (κ3) is 5.18. The zero-order valence-corrected chi connectivity index (χ0v) is 21.0. The molecule has 0 aliphatic rings. The molecule has 4 rings (SSSR count). The van der Waals surface area contributed by atoms with Crippen molar-refractivity contribution >= 4 is 15.4 Å². The van der Waals surface area contributed by atoms with Crippen molar-refractivity contribution in [1.29, 1.82) is 0 Å². The summed E-state index contributed by atoms with van der Waals surface area (Å²) in [6.45, 7) is 9.72. The molecule has 0 spiro atoms. The second-order valence-electron chi connectivity index (χ2n) is 9.54. The number of sulfone groups is 1. The van der Waals surface area contributed by atoms with Crippen molar-refractivity contribution in [3.05, 3.63) is 84.7 Å². The minimum atomic E-state index is -3.77. The van der Waals surface area contributed by atoms with E-state index in [9.17, 15) is 8.42 Å². The predicted octanol–water partition coefficient (Wildman–Crippen LogP) is 5.90. The van der Waals surface area contributed by atoms with Gasteiger partial charge < -0.3 is 14.5 Å². The van der Waals surface area contributed by atoms with Gasteiger partial charge in [0.15, 0.2) is 0 Å². The Morgan fingerprint density at radius 2 is 1.71 bits per heavy atom. The first-order valence-electron chi connectivity index (χ1n) is 11.6. The number of fused-ring (bicyclic) bond motifs is 1. The van der Waals surface area contributed by atoms with Gasteiger partial charge in [0.05, 0.1) is 17.0 Å². The van der Waals surface area contributed by atoms with Gasteiger partial charge in [0.25, 0.3) is 0 Å². The van der Waals surface area contributed by atoms with Crippen molar-refractivity contribution in [3.63, 3.8) is 0 Å². The van der Waals surface area contributed by atoms with Gasteiger partial charge in [-0.1, -0.05) is 36.4 Å². The van der Waals surface area contributed by atoms with Crippen LogP contribution in [0.15, 0.2) is 88.9 Å². The van der Waals surface area contributed by atoms with Gasteiger partial charge in [-0.05, 0) is 82.1 Å². The molecule has 2 aromatic carbocycles. The zero-order valence-electron chi connectivity index (χ0n) is 20.2. The standard InChI is InChI=1S/C28H32N2O3S/c1-21-19-23(14-15-26(21)33-18-10-16-29-28(2,3)4)34(31,32)27-24(22-11-6-5-7-12-22)20-30-17-9-8-13-25(27)30/h5-9,11-15,17,19-20,29H,10,16,18H2,1-4H3. The van der Waals surface area contributed by atoms with Gasteiger partial charge in [0, 0.05) is 23.5 Å². The molecule has 4 aromatic rings. The van der Waals surface area contributed by atoms with Crippen molar-refractivity contribution in [1.82, 2.24) is 9.72 Å². The van der Waals surface area contributed by atoms with Crippen LogP contribution in [-0.2, 0) is 9.84 Å². The average molecular weight is 477 g/mol. The van der Waals surface area contributed by atoms with Crippen LogP contribution in [-0.4, -0.2) is 31.5 Å². The maximum Gasteiger partial charge on any atom is 0.209 e. The summed E-state index contributed by atoms with van der Waals surface area (Å²) in [6.07, 6.45) is 4.62. The van der Waals surface area contributed by atoms with Crippen LogP contribution < -0.4 is 10.1 Å². The molecule has 0 fully saturated rings. The van der Waals surface area contributed by atoms with Crippen LogP contribution in [0.4, 0.5) is 0 Å². The van der Waals surface area contributed by atoms with E-state index in [0.717, 1.165) is 24.1 Å². The second kappa shape index (κ2) is 9.65. The second-order valence-corrected chi connectivity index (χ2v) is 11.4. The molecule has 34 heavy (non-hydrogen) atoms. The van der Waals surface area contributed by atoms with E-state index in [1.807, 2.05) is 72.2 Å². The Bertz CT molecular complexity index is 1380. The molecule has 0 atom stereocenters. The number of nitrogens with zero attached hydrogens (tertiary/aromatic N) is 1. The van der Waals surface area contributed by atoms with E-state index in [4.69, 9.17) is 4.74 Å². The minimum Gasteiger partial charge on any atom is -0.493 e. The number of benzene rings is 2. The molecule has 0 radical (unpaired) electrons. The SMILES string of the molecule is Cc1cc(S(=O)(=O)c2c(-c3ccccc3)cn3ccccc23)ccc1OCCCNC(C)(C)C. The number of rotatable bonds is 8. The lowest BCUT2D eigenvalue weighted by Crippen LogP contribution is -2.36. The topological polar surface area (TPSA) is 59.8 Å². The molecular formula is C28H32N2O3S. The van der Waals surface area contributed by atoms with Crippen LogP contribution in [0, 0.1) is 6.92 Å². The van der Waals surface area contributed by atoms with E-state index in [-0.39, 0.29) is 10.4 Å². The van der Waals surface area contributed by atoms with Gasteiger partial charge in [-0.15, -0.1) is 0 Å². The molecule has 5 nitrogen and oxygen atoms in total. The first kappa shape index (κ1) is 24.0. The molecule has 6 heteroatoms. The van der Waals surface area contributed by atoms with Crippen molar-refractivity contribution in [3.8, 4) is 16.9 Å². The number of hydrogen-bond donors (Lipinski definition) is 1. The van der Waals surface area contributed by atoms with Gasteiger partial charge in [-0.25, -0.2) is 8.42 Å². The fraction of sp³-hybridized carbons (Fsp3) is 0.286. The van der Waals surface area contributed by atoms with Crippen LogP contribution in [0.25, 0.3) is 16.6 Å². The van der Waals surface area contributed by atoms with E-state index in [2.05, 4.69) is 26.1 Å². The smallest absolute Gasteiger partial charge is 0.209 e. The van der Waals surface area contributed by atoms with E-state index in [0.29, 0.717) is 28.3 Å². The number of nitrogens with one attached hydrogen (secondary N) is 1. The molecule has 0 unspecified atom stereocenters. The van der Waals surface area contributed by atoms with Gasteiger partial charge in [0.2, 0.25) is 9.84 Å². The van der Waals surface area contributed by atoms with Crippen molar-refractivity contribution in [2.75, 3.05) is 13.2 Å². The Morgan fingerprint density at radius 3 is 2.41 bits per heavy atom. The summed E-state index contributed by atoms with van der Waals surface area (Å²) in [5, 5.41) is 3.44. The normalized spacial score (nSPS) is 12.2. The molecule has 0 aliphatic carbocycles. The molecule has 1 N–H and O–H groups in total. The maximum atomic E-state index is 13.9. The van der Waals surface area contributed by atoms with E-state index < -0.39 is 9.84 Å². The quantitative estimate of drug-likeness (QED) is 0.322. The highest BCUT2D eigenvalue weighted by Gasteiger charge is 2.27. The van der Waals surface area contributed by atoms with Gasteiger partial charge in [-0.2, -0.15) is 0 Å². The zero-order chi connectivity index (χ0) is 24.3. The molecule has 0 bridgehead atoms. The molecule has 0 aliphatic heterocycles. The Morgan fingerprint density at radius 1 is 0.971 bits per heavy atom. The molecule has 2 aromatic heterocycles. The minimum absolute atomic E-state index is 0.0772. The van der Waals surface area contributed by atoms with Gasteiger partial charge in [0.1, 0.15) is 10.6 Å². The summed E-state index contributed by atoms with van der Waals surface area (Å²) in [7, 11) is -3.77. The van der Waals surface area contributed by atoms with E-state index in [1.54, 1.807) is 18.2 Å². The Kier molecular flexibility index (Phi) is 6.82. The van der Waals surface area contributed by atoms with Crippen molar-refractivity contribution < 1.29 is 13.2 Å². The summed E-state index contributed by atoms with van der Waals surface area (Å²) in [5.41, 5.74) is 3.09. The van der Waals surface area contributed by atoms with E-state index in [1.165, 1.54) is 0 Å². The fourth-order valence-corrected chi connectivity index (χ4v) is 5.71. The van der Waals surface area contributed by atoms with Crippen LogP contribution in [0.5, 0.6) is 5.75 Å². The molecule has 0 amide bonds. The highest BCUT2D eigenvalue weighted by atomic mass is 32.2. The first-order valence-corrected chi connectivity index (χ1v) is 13.0. The Hall–Kier alpha value is -3.09. The molecule has 0 saturated carbocycles. The summed E-state index contributed by atoms with van der Waals surface area (Å²) >= 11 is 0. The number of aromatic nitrogens is 1. The fourth-order valence-electron chi connectivity index (χ4n) is 3.99. The summed E-state index contributed by atoms with van der Waals surface area (Å²) < 4.78 is 35.6. The van der Waals surface area contributed by atoms with Crippen molar-refractivity contribution in [2.45, 2.75) is 49.4 Å². The van der Waals surface area contributed by atoms with Gasteiger partial charge >= 0.3 is 0 Å². The van der Waals surface area contributed by atoms with Crippen molar-refractivity contribution in [2.24, 2.45) is 0 Å². The molecular weight excluding hydrogens is 444 g/mol. The highest BCUT2D eigenvalue weighted by Crippen LogP contribution is 2.37. The number of hydrogen-bond acceptors (Lipinski definition) is 4. The molecule has 2 heterocycles. The first-order chi connectivity index (χ1) is 16.2. The van der Waals surface area contributed by atoms with Crippen LogP contribution in [0.1, 0.15) is 32.8 Å². The molecule has 0 saturated heterocycles. The number of aryl methyl sites for hydroxylation is 1.